The molecule has 0 aliphatic carbocycles. The molecule has 0 saturated heterocycles. The molecule has 0 fully saturated rings. The number of H-pyrrole nitrogens is 1. The second kappa shape index (κ2) is 6.41. The first-order chi connectivity index (χ1) is 10.3. The highest BCUT2D eigenvalue weighted by Gasteiger charge is 1.99. The normalized spacial score (nSPS) is 10.9. The van der Waals surface area contributed by atoms with E-state index in [-0.39, 0.29) is 0 Å². The molecule has 0 amide bonds. The lowest BCUT2D eigenvalue weighted by molar-refractivity contribution is 0.415. The number of imidazole rings is 1. The number of aromatic amines is 1. The van der Waals surface area contributed by atoms with E-state index in [0.29, 0.717) is 0 Å². The lowest BCUT2D eigenvalue weighted by Gasteiger charge is -2.07. The van der Waals surface area contributed by atoms with E-state index in [1.54, 1.807) is 13.3 Å². The Kier molecular flexibility index (Phi) is 4.17. The number of nitrogens with zero attached hydrogens (tertiary/aromatic N) is 1. The summed E-state index contributed by atoms with van der Waals surface area (Å²) in [6, 6.07) is 12.7. The molecule has 0 spiro atoms. The standard InChI is InChI=1S/C17H19N3O/c1-21-16-5-4-14-10-13(2-3-15(14)11-16)12-18-7-6-17-19-8-9-20-17/h2-5,8-11,18H,6-7,12H2,1H3,(H,19,20). The minimum Gasteiger partial charge on any atom is -0.497 e. The highest BCUT2D eigenvalue weighted by atomic mass is 16.5. The number of fused-ring (bicyclic) bond motifs is 1. The van der Waals surface area contributed by atoms with Gasteiger partial charge in [-0.2, -0.15) is 0 Å². The summed E-state index contributed by atoms with van der Waals surface area (Å²) in [5.74, 6) is 1.92. The molecule has 0 atom stereocenters. The topological polar surface area (TPSA) is 49.9 Å². The number of ether oxygens (including phenoxy) is 1. The van der Waals surface area contributed by atoms with Crippen molar-refractivity contribution in [1.29, 1.82) is 0 Å². The Hall–Kier alpha value is -2.33. The van der Waals surface area contributed by atoms with Gasteiger partial charge in [-0.1, -0.05) is 18.2 Å². The third kappa shape index (κ3) is 3.41. The Morgan fingerprint density at radius 2 is 2.00 bits per heavy atom. The summed E-state index contributed by atoms with van der Waals surface area (Å²) in [4.78, 5) is 7.32. The van der Waals surface area contributed by atoms with Crippen molar-refractivity contribution < 1.29 is 4.74 Å². The fourth-order valence-electron chi connectivity index (χ4n) is 2.38. The van der Waals surface area contributed by atoms with Crippen LogP contribution in [-0.4, -0.2) is 23.6 Å². The molecule has 0 aliphatic heterocycles. The van der Waals surface area contributed by atoms with Gasteiger partial charge in [0, 0.05) is 31.9 Å². The van der Waals surface area contributed by atoms with Gasteiger partial charge in [0.25, 0.3) is 0 Å². The molecule has 0 radical (unpaired) electrons. The average molecular weight is 281 g/mol. The molecule has 2 N–H and O–H groups in total. The van der Waals surface area contributed by atoms with E-state index in [9.17, 15) is 0 Å². The smallest absolute Gasteiger partial charge is 0.119 e. The molecule has 0 aliphatic rings. The van der Waals surface area contributed by atoms with Gasteiger partial charge in [0.2, 0.25) is 0 Å². The summed E-state index contributed by atoms with van der Waals surface area (Å²) < 4.78 is 5.25. The Balaban J connectivity index is 1.59. The van der Waals surface area contributed by atoms with E-state index in [2.05, 4.69) is 45.6 Å². The van der Waals surface area contributed by atoms with Crippen molar-refractivity contribution in [3.8, 4) is 5.75 Å². The van der Waals surface area contributed by atoms with Crippen molar-refractivity contribution >= 4 is 10.8 Å². The lowest BCUT2D eigenvalue weighted by atomic mass is 10.1. The minimum absolute atomic E-state index is 0.864. The zero-order valence-corrected chi connectivity index (χ0v) is 12.1. The van der Waals surface area contributed by atoms with E-state index >= 15 is 0 Å². The number of nitrogens with one attached hydrogen (secondary N) is 2. The number of aromatic nitrogens is 2. The van der Waals surface area contributed by atoms with Gasteiger partial charge in [0.15, 0.2) is 0 Å². The monoisotopic (exact) mass is 281 g/mol. The van der Waals surface area contributed by atoms with E-state index < -0.39 is 0 Å². The molecule has 21 heavy (non-hydrogen) atoms. The second-order valence-corrected chi connectivity index (χ2v) is 5.01. The predicted octanol–water partition coefficient (Wildman–Crippen LogP) is 2.90. The Morgan fingerprint density at radius 1 is 1.14 bits per heavy atom. The molecule has 2 aromatic carbocycles. The predicted molar refractivity (Wildman–Crippen MR) is 84.5 cm³/mol. The fourth-order valence-corrected chi connectivity index (χ4v) is 2.38. The van der Waals surface area contributed by atoms with Crippen molar-refractivity contribution in [2.75, 3.05) is 13.7 Å². The van der Waals surface area contributed by atoms with Crippen molar-refractivity contribution in [2.45, 2.75) is 13.0 Å². The Bertz CT molecular complexity index is 707. The number of hydrogen-bond acceptors (Lipinski definition) is 3. The van der Waals surface area contributed by atoms with Crippen molar-refractivity contribution in [2.24, 2.45) is 0 Å². The molecule has 0 unspecified atom stereocenters. The van der Waals surface area contributed by atoms with Crippen LogP contribution in [0.15, 0.2) is 48.8 Å². The molecule has 0 saturated carbocycles. The van der Waals surface area contributed by atoms with Crippen LogP contribution < -0.4 is 10.1 Å². The quantitative estimate of drug-likeness (QED) is 0.683. The van der Waals surface area contributed by atoms with Crippen LogP contribution in [0.5, 0.6) is 5.75 Å². The summed E-state index contributed by atoms with van der Waals surface area (Å²) in [6.45, 7) is 1.77. The van der Waals surface area contributed by atoms with Crippen LogP contribution in [0.25, 0.3) is 10.8 Å². The van der Waals surface area contributed by atoms with Gasteiger partial charge >= 0.3 is 0 Å². The zero-order chi connectivity index (χ0) is 14.5. The number of benzene rings is 2. The van der Waals surface area contributed by atoms with Crippen LogP contribution in [0, 0.1) is 0 Å². The summed E-state index contributed by atoms with van der Waals surface area (Å²) in [6.07, 6.45) is 4.55. The van der Waals surface area contributed by atoms with Crippen LogP contribution in [0.1, 0.15) is 11.4 Å². The summed E-state index contributed by atoms with van der Waals surface area (Å²) in [5.41, 5.74) is 1.28. The summed E-state index contributed by atoms with van der Waals surface area (Å²) >= 11 is 0. The van der Waals surface area contributed by atoms with Gasteiger partial charge in [-0.3, -0.25) is 0 Å². The molecule has 3 aromatic rings. The molecule has 3 rings (SSSR count). The fraction of sp³-hybridized carbons (Fsp3) is 0.235. The minimum atomic E-state index is 0.864. The first-order valence-electron chi connectivity index (χ1n) is 7.11. The lowest BCUT2D eigenvalue weighted by Crippen LogP contribution is -2.17. The number of methoxy groups -OCH3 is 1. The van der Waals surface area contributed by atoms with Crippen LogP contribution in [0.4, 0.5) is 0 Å². The molecule has 1 aromatic heterocycles. The molecule has 4 nitrogen and oxygen atoms in total. The van der Waals surface area contributed by atoms with Gasteiger partial charge in [0.05, 0.1) is 7.11 Å². The largest absolute Gasteiger partial charge is 0.497 e. The van der Waals surface area contributed by atoms with Gasteiger partial charge < -0.3 is 15.0 Å². The molecule has 0 bridgehead atoms. The van der Waals surface area contributed by atoms with Crippen LogP contribution in [0.2, 0.25) is 0 Å². The molecular formula is C17H19N3O. The highest BCUT2D eigenvalue weighted by molar-refractivity contribution is 5.84. The molecule has 4 heteroatoms. The van der Waals surface area contributed by atoms with E-state index in [0.717, 1.165) is 31.1 Å². The van der Waals surface area contributed by atoms with Gasteiger partial charge in [-0.15, -0.1) is 0 Å². The van der Waals surface area contributed by atoms with E-state index in [4.69, 9.17) is 4.74 Å². The number of rotatable bonds is 6. The van der Waals surface area contributed by atoms with Crippen molar-refractivity contribution in [3.05, 3.63) is 60.2 Å². The van der Waals surface area contributed by atoms with Crippen molar-refractivity contribution in [3.63, 3.8) is 0 Å². The maximum Gasteiger partial charge on any atom is 0.119 e. The van der Waals surface area contributed by atoms with Gasteiger partial charge in [-0.05, 0) is 34.5 Å². The maximum absolute atomic E-state index is 5.25. The third-order valence-electron chi connectivity index (χ3n) is 3.53. The van der Waals surface area contributed by atoms with E-state index in [1.807, 2.05) is 12.3 Å². The molecular weight excluding hydrogens is 262 g/mol. The Labute approximate surface area is 124 Å². The highest BCUT2D eigenvalue weighted by Crippen LogP contribution is 2.21. The summed E-state index contributed by atoms with van der Waals surface area (Å²) in [7, 11) is 1.69. The molecule has 1 heterocycles. The van der Waals surface area contributed by atoms with Crippen LogP contribution in [-0.2, 0) is 13.0 Å². The summed E-state index contributed by atoms with van der Waals surface area (Å²) in [5, 5.41) is 5.88. The maximum atomic E-state index is 5.25. The van der Waals surface area contributed by atoms with Crippen molar-refractivity contribution in [1.82, 2.24) is 15.3 Å². The number of hydrogen-bond donors (Lipinski definition) is 2. The van der Waals surface area contributed by atoms with Gasteiger partial charge in [-0.25, -0.2) is 4.98 Å². The SMILES string of the molecule is COc1ccc2cc(CNCCc3ncc[nH]3)ccc2c1. The van der Waals surface area contributed by atoms with E-state index in [1.165, 1.54) is 16.3 Å². The first kappa shape index (κ1) is 13.6. The van der Waals surface area contributed by atoms with Crippen LogP contribution >= 0.6 is 0 Å². The zero-order valence-electron chi connectivity index (χ0n) is 12.1. The average Bonchev–Trinajstić information content (AvgIpc) is 3.04. The Morgan fingerprint density at radius 3 is 2.81 bits per heavy atom. The van der Waals surface area contributed by atoms with Gasteiger partial charge in [0.1, 0.15) is 11.6 Å². The molecule has 108 valence electrons. The van der Waals surface area contributed by atoms with Crippen LogP contribution in [0.3, 0.4) is 0 Å². The second-order valence-electron chi connectivity index (χ2n) is 5.01. The third-order valence-corrected chi connectivity index (χ3v) is 3.53. The first-order valence-corrected chi connectivity index (χ1v) is 7.11.